The summed E-state index contributed by atoms with van der Waals surface area (Å²) in [5.74, 6) is 0.862. The Bertz CT molecular complexity index is 607. The fourth-order valence-electron chi connectivity index (χ4n) is 3.18. The molecule has 24 heavy (non-hydrogen) atoms. The van der Waals surface area contributed by atoms with Crippen molar-refractivity contribution >= 4 is 0 Å². The average molecular weight is 326 g/mol. The van der Waals surface area contributed by atoms with Gasteiger partial charge in [-0.1, -0.05) is 31.4 Å². The first kappa shape index (κ1) is 16.9. The van der Waals surface area contributed by atoms with Crippen molar-refractivity contribution in [3.8, 4) is 5.75 Å². The Morgan fingerprint density at radius 2 is 1.67 bits per heavy atom. The van der Waals surface area contributed by atoms with Gasteiger partial charge in [-0.15, -0.1) is 0 Å². The predicted octanol–water partition coefficient (Wildman–Crippen LogP) is 3.45. The van der Waals surface area contributed by atoms with Crippen molar-refractivity contribution in [1.82, 2.24) is 10.3 Å². The molecule has 0 amide bonds. The Kier molecular flexibility index (Phi) is 5.83. The van der Waals surface area contributed by atoms with Crippen molar-refractivity contribution in [2.24, 2.45) is 0 Å². The molecule has 128 valence electrons. The van der Waals surface area contributed by atoms with Gasteiger partial charge in [0.25, 0.3) is 0 Å². The Hall–Kier alpha value is -1.91. The zero-order chi connectivity index (χ0) is 16.7. The van der Waals surface area contributed by atoms with E-state index in [4.69, 9.17) is 4.74 Å². The zero-order valence-corrected chi connectivity index (χ0v) is 14.1. The molecule has 0 unspecified atom stereocenters. The Morgan fingerprint density at radius 3 is 2.38 bits per heavy atom. The lowest BCUT2D eigenvalue weighted by atomic mass is 9.85. The third-order valence-electron chi connectivity index (χ3n) is 4.65. The minimum Gasteiger partial charge on any atom is -0.489 e. The smallest absolute Gasteiger partial charge is 0.119 e. The Morgan fingerprint density at radius 1 is 0.958 bits per heavy atom. The maximum Gasteiger partial charge on any atom is 0.119 e. The highest BCUT2D eigenvalue weighted by atomic mass is 16.5. The number of hydrogen-bond donors (Lipinski definition) is 2. The van der Waals surface area contributed by atoms with Crippen LogP contribution in [0.3, 0.4) is 0 Å². The maximum atomic E-state index is 10.5. The summed E-state index contributed by atoms with van der Waals surface area (Å²) in [6, 6.07) is 12.0. The second-order valence-corrected chi connectivity index (χ2v) is 6.68. The van der Waals surface area contributed by atoms with Crippen molar-refractivity contribution in [3.63, 3.8) is 0 Å². The van der Waals surface area contributed by atoms with E-state index in [-0.39, 0.29) is 0 Å². The highest BCUT2D eigenvalue weighted by Crippen LogP contribution is 2.27. The van der Waals surface area contributed by atoms with E-state index in [1.165, 1.54) is 12.0 Å². The fourth-order valence-corrected chi connectivity index (χ4v) is 3.18. The molecule has 0 spiro atoms. The molecule has 0 aliphatic heterocycles. The summed E-state index contributed by atoms with van der Waals surface area (Å²) in [5.41, 5.74) is 1.80. The van der Waals surface area contributed by atoms with Gasteiger partial charge in [0, 0.05) is 25.5 Å². The molecule has 1 heterocycles. The third-order valence-corrected chi connectivity index (χ3v) is 4.65. The SMILES string of the molecule is OC1(CNCc2ccc(OCc3ccncc3)cc2)CCCCC1. The van der Waals surface area contributed by atoms with Crippen LogP contribution < -0.4 is 10.1 Å². The van der Waals surface area contributed by atoms with Crippen LogP contribution in [0.25, 0.3) is 0 Å². The molecule has 4 heteroatoms. The summed E-state index contributed by atoms with van der Waals surface area (Å²) in [4.78, 5) is 4.00. The van der Waals surface area contributed by atoms with Crippen molar-refractivity contribution in [1.29, 1.82) is 0 Å². The number of nitrogens with one attached hydrogen (secondary N) is 1. The molecule has 0 saturated heterocycles. The first-order chi connectivity index (χ1) is 11.7. The van der Waals surface area contributed by atoms with Crippen LogP contribution in [0.4, 0.5) is 0 Å². The van der Waals surface area contributed by atoms with E-state index >= 15 is 0 Å². The standard InChI is InChI=1S/C20H26N2O2/c23-20(10-2-1-3-11-20)16-22-14-17-4-6-19(7-5-17)24-15-18-8-12-21-13-9-18/h4-9,12-13,22-23H,1-3,10-11,14-16H2. The van der Waals surface area contributed by atoms with Crippen molar-refractivity contribution in [2.45, 2.75) is 50.9 Å². The largest absolute Gasteiger partial charge is 0.489 e. The molecule has 2 N–H and O–H groups in total. The van der Waals surface area contributed by atoms with Crippen LogP contribution >= 0.6 is 0 Å². The molecule has 3 rings (SSSR count). The highest BCUT2D eigenvalue weighted by Gasteiger charge is 2.28. The number of pyridine rings is 1. The highest BCUT2D eigenvalue weighted by molar-refractivity contribution is 5.27. The average Bonchev–Trinajstić information content (AvgIpc) is 2.62. The van der Waals surface area contributed by atoms with Gasteiger partial charge in [-0.25, -0.2) is 0 Å². The van der Waals surface area contributed by atoms with E-state index < -0.39 is 5.60 Å². The van der Waals surface area contributed by atoms with Gasteiger partial charge in [0.1, 0.15) is 12.4 Å². The van der Waals surface area contributed by atoms with Crippen LogP contribution in [0.2, 0.25) is 0 Å². The van der Waals surface area contributed by atoms with Crippen molar-refractivity contribution in [2.75, 3.05) is 6.54 Å². The third kappa shape index (κ3) is 5.05. The first-order valence-electron chi connectivity index (χ1n) is 8.77. The molecule has 1 aromatic carbocycles. The number of hydrogen-bond acceptors (Lipinski definition) is 4. The second-order valence-electron chi connectivity index (χ2n) is 6.68. The number of benzene rings is 1. The van der Waals surface area contributed by atoms with Crippen molar-refractivity contribution in [3.05, 3.63) is 59.9 Å². The van der Waals surface area contributed by atoms with Crippen LogP contribution in [-0.4, -0.2) is 22.2 Å². The first-order valence-corrected chi connectivity index (χ1v) is 8.77. The molecule has 2 aromatic rings. The van der Waals surface area contributed by atoms with E-state index in [1.54, 1.807) is 12.4 Å². The van der Waals surface area contributed by atoms with E-state index in [0.29, 0.717) is 13.2 Å². The molecular formula is C20H26N2O2. The molecule has 1 aliphatic carbocycles. The number of aromatic nitrogens is 1. The van der Waals surface area contributed by atoms with Gasteiger partial charge in [0.15, 0.2) is 0 Å². The summed E-state index contributed by atoms with van der Waals surface area (Å²) < 4.78 is 5.77. The van der Waals surface area contributed by atoms with Gasteiger partial charge in [0.05, 0.1) is 5.60 Å². The number of aliphatic hydroxyl groups is 1. The molecule has 1 aliphatic rings. The van der Waals surface area contributed by atoms with Gasteiger partial charge in [-0.2, -0.15) is 0 Å². The number of ether oxygens (including phenoxy) is 1. The normalized spacial score (nSPS) is 16.7. The Balaban J connectivity index is 1.42. The molecule has 1 aromatic heterocycles. The summed E-state index contributed by atoms with van der Waals surface area (Å²) >= 11 is 0. The summed E-state index contributed by atoms with van der Waals surface area (Å²) in [6.45, 7) is 1.99. The minimum atomic E-state index is -0.508. The van der Waals surface area contributed by atoms with Gasteiger partial charge >= 0.3 is 0 Å². The predicted molar refractivity (Wildman–Crippen MR) is 94.8 cm³/mol. The lowest BCUT2D eigenvalue weighted by Gasteiger charge is -2.32. The van der Waals surface area contributed by atoms with Crippen molar-refractivity contribution < 1.29 is 9.84 Å². The lowest BCUT2D eigenvalue weighted by molar-refractivity contribution is 0.00467. The maximum absolute atomic E-state index is 10.5. The van der Waals surface area contributed by atoms with Gasteiger partial charge < -0.3 is 15.2 Å². The molecule has 0 radical (unpaired) electrons. The summed E-state index contributed by atoms with van der Waals surface area (Å²) in [5, 5.41) is 13.9. The van der Waals surface area contributed by atoms with E-state index in [9.17, 15) is 5.11 Å². The molecule has 1 fully saturated rings. The van der Waals surface area contributed by atoms with Crippen LogP contribution in [-0.2, 0) is 13.2 Å². The molecule has 0 bridgehead atoms. The zero-order valence-electron chi connectivity index (χ0n) is 14.1. The molecule has 4 nitrogen and oxygen atoms in total. The monoisotopic (exact) mass is 326 g/mol. The Labute approximate surface area is 143 Å². The van der Waals surface area contributed by atoms with Crippen LogP contribution in [0, 0.1) is 0 Å². The van der Waals surface area contributed by atoms with Gasteiger partial charge in [0.2, 0.25) is 0 Å². The van der Waals surface area contributed by atoms with E-state index in [1.807, 2.05) is 24.3 Å². The number of nitrogens with zero attached hydrogens (tertiary/aromatic N) is 1. The van der Waals surface area contributed by atoms with Crippen LogP contribution in [0.1, 0.15) is 43.2 Å². The van der Waals surface area contributed by atoms with E-state index in [0.717, 1.165) is 43.5 Å². The summed E-state index contributed by atoms with van der Waals surface area (Å²) in [6.07, 6.45) is 8.91. The quantitative estimate of drug-likeness (QED) is 0.818. The minimum absolute atomic E-state index is 0.508. The van der Waals surface area contributed by atoms with Gasteiger partial charge in [-0.3, -0.25) is 4.98 Å². The molecular weight excluding hydrogens is 300 g/mol. The lowest BCUT2D eigenvalue weighted by Crippen LogP contribution is -2.41. The molecule has 1 saturated carbocycles. The van der Waals surface area contributed by atoms with Crippen LogP contribution in [0.15, 0.2) is 48.8 Å². The molecule has 0 atom stereocenters. The second kappa shape index (κ2) is 8.27. The van der Waals surface area contributed by atoms with Gasteiger partial charge in [-0.05, 0) is 48.2 Å². The van der Waals surface area contributed by atoms with Crippen LogP contribution in [0.5, 0.6) is 5.75 Å². The van der Waals surface area contributed by atoms with E-state index in [2.05, 4.69) is 22.4 Å². The fraction of sp³-hybridized carbons (Fsp3) is 0.450. The number of rotatable bonds is 7. The summed E-state index contributed by atoms with van der Waals surface area (Å²) in [7, 11) is 0. The topological polar surface area (TPSA) is 54.4 Å².